The number of furan rings is 1. The van der Waals surface area contributed by atoms with Gasteiger partial charge in [0, 0.05) is 5.56 Å². The predicted molar refractivity (Wildman–Crippen MR) is 93.4 cm³/mol. The second-order valence-electron chi connectivity index (χ2n) is 5.37. The van der Waals surface area contributed by atoms with Gasteiger partial charge in [-0.25, -0.2) is 0 Å². The first-order valence-electron chi connectivity index (χ1n) is 7.78. The molecule has 0 aliphatic heterocycles. The molecule has 124 valence electrons. The fraction of sp³-hybridized carbons (Fsp3) is 0.0556. The van der Waals surface area contributed by atoms with E-state index < -0.39 is 0 Å². The summed E-state index contributed by atoms with van der Waals surface area (Å²) in [5.41, 5.74) is 1.19. The lowest BCUT2D eigenvalue weighted by Crippen LogP contribution is -2.13. The minimum Gasteiger partial charge on any atom is -0.467 e. The molecule has 0 radical (unpaired) electrons. The summed E-state index contributed by atoms with van der Waals surface area (Å²) < 4.78 is 6.95. The van der Waals surface area contributed by atoms with Crippen LogP contribution in [0.25, 0.3) is 5.65 Å². The number of anilines is 2. The molecule has 4 aromatic rings. The van der Waals surface area contributed by atoms with Gasteiger partial charge >= 0.3 is 0 Å². The molecule has 0 saturated carbocycles. The Morgan fingerprint density at radius 2 is 1.92 bits per heavy atom. The number of fused-ring (bicyclic) bond motifs is 1. The monoisotopic (exact) mass is 333 g/mol. The van der Waals surface area contributed by atoms with E-state index in [0.717, 1.165) is 11.6 Å². The van der Waals surface area contributed by atoms with Gasteiger partial charge in [0.1, 0.15) is 11.6 Å². The second kappa shape index (κ2) is 6.48. The number of rotatable bonds is 5. The third-order valence-corrected chi connectivity index (χ3v) is 3.64. The van der Waals surface area contributed by atoms with Gasteiger partial charge in [-0.15, -0.1) is 5.10 Å². The number of hydrogen-bond donors (Lipinski definition) is 2. The Bertz CT molecular complexity index is 993. The number of pyridine rings is 1. The minimum atomic E-state index is -0.249. The maximum absolute atomic E-state index is 12.2. The van der Waals surface area contributed by atoms with Gasteiger partial charge in [0.2, 0.25) is 5.95 Å². The summed E-state index contributed by atoms with van der Waals surface area (Å²) in [4.78, 5) is 16.6. The molecule has 1 aromatic carbocycles. The Hall–Kier alpha value is -3.61. The molecule has 2 N–H and O–H groups in total. The van der Waals surface area contributed by atoms with E-state index in [4.69, 9.17) is 4.42 Å². The van der Waals surface area contributed by atoms with Crippen molar-refractivity contribution in [2.45, 2.75) is 6.54 Å². The van der Waals surface area contributed by atoms with Crippen LogP contribution in [0.15, 0.2) is 71.3 Å². The highest BCUT2D eigenvalue weighted by molar-refractivity contribution is 6.03. The molecule has 0 aliphatic carbocycles. The van der Waals surface area contributed by atoms with Gasteiger partial charge in [0.05, 0.1) is 12.8 Å². The summed E-state index contributed by atoms with van der Waals surface area (Å²) >= 11 is 0. The number of carbonyl (C=O) groups excluding carboxylic acids is 1. The molecule has 0 bridgehead atoms. The van der Waals surface area contributed by atoms with Crippen molar-refractivity contribution in [3.63, 3.8) is 0 Å². The highest BCUT2D eigenvalue weighted by Crippen LogP contribution is 2.15. The van der Waals surface area contributed by atoms with Crippen LogP contribution >= 0.6 is 0 Å². The largest absolute Gasteiger partial charge is 0.467 e. The SMILES string of the molecule is O=C(Nc1nc2cccc(NCc3ccco3)n2n1)c1ccccc1. The van der Waals surface area contributed by atoms with E-state index in [1.165, 1.54) is 0 Å². The summed E-state index contributed by atoms with van der Waals surface area (Å²) in [7, 11) is 0. The van der Waals surface area contributed by atoms with Crippen molar-refractivity contribution in [2.75, 3.05) is 10.6 Å². The highest BCUT2D eigenvalue weighted by Gasteiger charge is 2.11. The summed E-state index contributed by atoms with van der Waals surface area (Å²) in [5.74, 6) is 1.57. The Kier molecular flexibility index (Phi) is 3.88. The quantitative estimate of drug-likeness (QED) is 0.586. The molecule has 0 unspecified atom stereocenters. The zero-order chi connectivity index (χ0) is 17.1. The van der Waals surface area contributed by atoms with Crippen LogP contribution in [0.4, 0.5) is 11.8 Å². The fourth-order valence-electron chi connectivity index (χ4n) is 2.45. The van der Waals surface area contributed by atoms with Gasteiger partial charge in [-0.05, 0) is 36.4 Å². The average Bonchev–Trinajstić information content (AvgIpc) is 3.30. The van der Waals surface area contributed by atoms with Crippen LogP contribution in [-0.4, -0.2) is 20.5 Å². The van der Waals surface area contributed by atoms with Crippen LogP contribution in [-0.2, 0) is 6.54 Å². The van der Waals surface area contributed by atoms with Crippen molar-refractivity contribution in [1.82, 2.24) is 14.6 Å². The number of hydrogen-bond acceptors (Lipinski definition) is 5. The lowest BCUT2D eigenvalue weighted by atomic mass is 10.2. The molecule has 25 heavy (non-hydrogen) atoms. The third kappa shape index (κ3) is 3.20. The molecule has 1 amide bonds. The van der Waals surface area contributed by atoms with E-state index >= 15 is 0 Å². The summed E-state index contributed by atoms with van der Waals surface area (Å²) in [6.07, 6.45) is 1.63. The van der Waals surface area contributed by atoms with Gasteiger partial charge in [-0.2, -0.15) is 9.50 Å². The number of benzene rings is 1. The van der Waals surface area contributed by atoms with Crippen LogP contribution in [0.1, 0.15) is 16.1 Å². The third-order valence-electron chi connectivity index (χ3n) is 3.64. The maximum atomic E-state index is 12.2. The van der Waals surface area contributed by atoms with E-state index in [1.54, 1.807) is 22.9 Å². The van der Waals surface area contributed by atoms with Gasteiger partial charge < -0.3 is 9.73 Å². The first-order chi connectivity index (χ1) is 12.3. The van der Waals surface area contributed by atoms with Crippen molar-refractivity contribution >= 4 is 23.3 Å². The number of nitrogens with zero attached hydrogens (tertiary/aromatic N) is 3. The van der Waals surface area contributed by atoms with E-state index in [1.807, 2.05) is 48.5 Å². The number of carbonyl (C=O) groups is 1. The zero-order valence-corrected chi connectivity index (χ0v) is 13.2. The topological polar surface area (TPSA) is 84.5 Å². The van der Waals surface area contributed by atoms with Gasteiger partial charge in [-0.1, -0.05) is 24.3 Å². The van der Waals surface area contributed by atoms with Crippen molar-refractivity contribution in [2.24, 2.45) is 0 Å². The van der Waals surface area contributed by atoms with Gasteiger partial charge in [-0.3, -0.25) is 10.1 Å². The van der Waals surface area contributed by atoms with E-state index in [-0.39, 0.29) is 11.9 Å². The maximum Gasteiger partial charge on any atom is 0.258 e. The van der Waals surface area contributed by atoms with Crippen molar-refractivity contribution < 1.29 is 9.21 Å². The summed E-state index contributed by atoms with van der Waals surface area (Å²) in [6.45, 7) is 0.525. The molecule has 7 heteroatoms. The average molecular weight is 333 g/mol. The van der Waals surface area contributed by atoms with Crippen LogP contribution < -0.4 is 10.6 Å². The predicted octanol–water partition coefficient (Wildman–Crippen LogP) is 3.19. The highest BCUT2D eigenvalue weighted by atomic mass is 16.3. The van der Waals surface area contributed by atoms with Crippen LogP contribution in [0.5, 0.6) is 0 Å². The zero-order valence-electron chi connectivity index (χ0n) is 13.2. The molecule has 4 rings (SSSR count). The van der Waals surface area contributed by atoms with E-state index in [2.05, 4.69) is 20.7 Å². The van der Waals surface area contributed by atoms with Crippen molar-refractivity contribution in [3.8, 4) is 0 Å². The molecule has 3 heterocycles. The smallest absolute Gasteiger partial charge is 0.258 e. The molecular weight excluding hydrogens is 318 g/mol. The lowest BCUT2D eigenvalue weighted by Gasteiger charge is -2.05. The molecule has 0 spiro atoms. The number of nitrogens with one attached hydrogen (secondary N) is 2. The molecular formula is C18H15N5O2. The molecule has 0 fully saturated rings. The Labute approximate surface area is 143 Å². The summed E-state index contributed by atoms with van der Waals surface area (Å²) in [6, 6.07) is 18.3. The Balaban J connectivity index is 1.55. The minimum absolute atomic E-state index is 0.249. The van der Waals surface area contributed by atoms with E-state index in [9.17, 15) is 4.79 Å². The molecule has 0 saturated heterocycles. The molecule has 0 aliphatic rings. The van der Waals surface area contributed by atoms with Gasteiger partial charge in [0.15, 0.2) is 5.65 Å². The molecule has 7 nitrogen and oxygen atoms in total. The first-order valence-corrected chi connectivity index (χ1v) is 7.78. The molecule has 3 aromatic heterocycles. The van der Waals surface area contributed by atoms with Crippen molar-refractivity contribution in [3.05, 3.63) is 78.3 Å². The van der Waals surface area contributed by atoms with Gasteiger partial charge in [0.25, 0.3) is 5.91 Å². The number of amides is 1. The lowest BCUT2D eigenvalue weighted by molar-refractivity contribution is 0.102. The Morgan fingerprint density at radius 1 is 1.04 bits per heavy atom. The van der Waals surface area contributed by atoms with E-state index in [0.29, 0.717) is 17.8 Å². The second-order valence-corrected chi connectivity index (χ2v) is 5.37. The number of aromatic nitrogens is 3. The fourth-order valence-corrected chi connectivity index (χ4v) is 2.45. The van der Waals surface area contributed by atoms with Crippen LogP contribution in [0.2, 0.25) is 0 Å². The first kappa shape index (κ1) is 14.9. The molecule has 0 atom stereocenters. The Morgan fingerprint density at radius 3 is 2.72 bits per heavy atom. The normalized spacial score (nSPS) is 10.7. The summed E-state index contributed by atoms with van der Waals surface area (Å²) in [5, 5.41) is 10.3. The van der Waals surface area contributed by atoms with Crippen LogP contribution in [0, 0.1) is 0 Å². The van der Waals surface area contributed by atoms with Crippen LogP contribution in [0.3, 0.4) is 0 Å². The standard InChI is InChI=1S/C18H15N5O2/c24-17(13-6-2-1-3-7-13)21-18-20-16-10-4-9-15(23(16)22-18)19-12-14-8-5-11-25-14/h1-11,19H,12H2,(H,21,22,24). The van der Waals surface area contributed by atoms with Crippen molar-refractivity contribution in [1.29, 1.82) is 0 Å².